The molecule has 1 aliphatic carbocycles. The van der Waals surface area contributed by atoms with Crippen LogP contribution in [0, 0.1) is 11.8 Å². The van der Waals surface area contributed by atoms with Crippen LogP contribution in [0.5, 0.6) is 0 Å². The number of unbranched alkanes of at least 4 members (excludes halogenated alkanes) is 4. The number of aliphatic hydroxyl groups is 4. The van der Waals surface area contributed by atoms with E-state index in [0.29, 0.717) is 6.42 Å². The molecule has 24 heavy (non-hydrogen) atoms. The Hall–Kier alpha value is -0.680. The van der Waals surface area contributed by atoms with Gasteiger partial charge in [0.05, 0.1) is 18.3 Å². The van der Waals surface area contributed by atoms with Crippen LogP contribution in [0.4, 0.5) is 0 Å². The molecule has 0 heterocycles. The van der Waals surface area contributed by atoms with E-state index in [1.807, 2.05) is 6.08 Å². The van der Waals surface area contributed by atoms with Crippen LogP contribution in [-0.4, -0.2) is 45.3 Å². The first-order valence-electron chi connectivity index (χ1n) is 9.58. The number of rotatable bonds is 12. The van der Waals surface area contributed by atoms with Crippen LogP contribution in [0.25, 0.3) is 0 Å². The molecular weight excluding hydrogens is 304 g/mol. The summed E-state index contributed by atoms with van der Waals surface area (Å²) in [6.45, 7) is 2.37. The average Bonchev–Trinajstić information content (AvgIpc) is 2.82. The van der Waals surface area contributed by atoms with Gasteiger partial charge in [-0.1, -0.05) is 50.5 Å². The van der Waals surface area contributed by atoms with Gasteiger partial charge in [0, 0.05) is 18.9 Å². The molecule has 0 aromatic carbocycles. The maximum Gasteiger partial charge on any atom is 0.0721 e. The predicted molar refractivity (Wildman–Crippen MR) is 97.6 cm³/mol. The third-order valence-corrected chi connectivity index (χ3v) is 4.93. The number of allylic oxidation sites excluding steroid dienone is 2. The van der Waals surface area contributed by atoms with Crippen LogP contribution in [0.1, 0.15) is 64.7 Å². The summed E-state index contributed by atoms with van der Waals surface area (Å²) in [5.74, 6) is -0.0869. The van der Waals surface area contributed by atoms with Crippen molar-refractivity contribution in [2.75, 3.05) is 6.61 Å². The van der Waals surface area contributed by atoms with Crippen LogP contribution < -0.4 is 0 Å². The molecule has 0 aromatic heterocycles. The van der Waals surface area contributed by atoms with E-state index >= 15 is 0 Å². The van der Waals surface area contributed by atoms with Crippen molar-refractivity contribution in [3.05, 3.63) is 24.3 Å². The minimum Gasteiger partial charge on any atom is -0.396 e. The van der Waals surface area contributed by atoms with Crippen molar-refractivity contribution in [3.63, 3.8) is 0 Å². The van der Waals surface area contributed by atoms with E-state index in [1.165, 1.54) is 0 Å². The van der Waals surface area contributed by atoms with Crippen LogP contribution in [0.15, 0.2) is 24.3 Å². The van der Waals surface area contributed by atoms with Gasteiger partial charge in [0.1, 0.15) is 0 Å². The largest absolute Gasteiger partial charge is 0.396 e. The highest BCUT2D eigenvalue weighted by molar-refractivity contribution is 5.06. The molecule has 0 amide bonds. The Kier molecular flexibility index (Phi) is 11.3. The molecule has 4 heteroatoms. The van der Waals surface area contributed by atoms with Gasteiger partial charge in [-0.05, 0) is 38.0 Å². The molecule has 0 bridgehead atoms. The highest BCUT2D eigenvalue weighted by Crippen LogP contribution is 2.36. The fourth-order valence-corrected chi connectivity index (χ4v) is 3.41. The molecule has 1 aliphatic rings. The van der Waals surface area contributed by atoms with Crippen molar-refractivity contribution in [3.8, 4) is 0 Å². The number of aliphatic hydroxyl groups excluding tert-OH is 4. The number of hydrogen-bond acceptors (Lipinski definition) is 4. The molecule has 1 fully saturated rings. The fourth-order valence-electron chi connectivity index (χ4n) is 3.41. The zero-order valence-corrected chi connectivity index (χ0v) is 15.1. The summed E-state index contributed by atoms with van der Waals surface area (Å²) in [5, 5.41) is 39.1. The van der Waals surface area contributed by atoms with E-state index in [9.17, 15) is 15.3 Å². The molecule has 0 radical (unpaired) electrons. The van der Waals surface area contributed by atoms with Gasteiger partial charge in [0.25, 0.3) is 0 Å². The zero-order valence-electron chi connectivity index (χ0n) is 15.1. The van der Waals surface area contributed by atoms with E-state index in [0.717, 1.165) is 51.4 Å². The van der Waals surface area contributed by atoms with Crippen LogP contribution in [0.3, 0.4) is 0 Å². The molecule has 140 valence electrons. The van der Waals surface area contributed by atoms with Gasteiger partial charge in [-0.3, -0.25) is 0 Å². The molecule has 0 aromatic rings. The van der Waals surface area contributed by atoms with E-state index in [4.69, 9.17) is 5.11 Å². The Bertz CT molecular complexity index is 367. The van der Waals surface area contributed by atoms with Crippen molar-refractivity contribution in [1.29, 1.82) is 0 Å². The Morgan fingerprint density at radius 2 is 1.83 bits per heavy atom. The first-order valence-corrected chi connectivity index (χ1v) is 9.58. The van der Waals surface area contributed by atoms with Crippen molar-refractivity contribution in [2.45, 2.75) is 83.0 Å². The summed E-state index contributed by atoms with van der Waals surface area (Å²) in [4.78, 5) is 0. The molecule has 1 rings (SSSR count). The monoisotopic (exact) mass is 340 g/mol. The summed E-state index contributed by atoms with van der Waals surface area (Å²) in [6, 6.07) is 0. The lowest BCUT2D eigenvalue weighted by Crippen LogP contribution is -2.20. The Labute approximate surface area is 146 Å². The van der Waals surface area contributed by atoms with Gasteiger partial charge < -0.3 is 20.4 Å². The van der Waals surface area contributed by atoms with Gasteiger partial charge >= 0.3 is 0 Å². The molecule has 0 aliphatic heterocycles. The van der Waals surface area contributed by atoms with E-state index < -0.39 is 18.3 Å². The van der Waals surface area contributed by atoms with Crippen molar-refractivity contribution in [2.24, 2.45) is 11.8 Å². The van der Waals surface area contributed by atoms with Crippen LogP contribution in [0.2, 0.25) is 0 Å². The normalized spacial score (nSPS) is 29.0. The molecule has 0 spiro atoms. The lowest BCUT2D eigenvalue weighted by atomic mass is 9.89. The fraction of sp³-hybridized carbons (Fsp3) is 0.800. The minimum atomic E-state index is -0.535. The topological polar surface area (TPSA) is 80.9 Å². The molecular formula is C20H36O4. The first kappa shape index (κ1) is 21.4. The minimum absolute atomic E-state index is 0.00758. The molecule has 1 saturated carbocycles. The Morgan fingerprint density at radius 3 is 2.54 bits per heavy atom. The van der Waals surface area contributed by atoms with Crippen molar-refractivity contribution >= 4 is 0 Å². The quantitative estimate of drug-likeness (QED) is 0.325. The standard InChI is InChI=1S/C20H36O4/c1-2-3-7-10-16(22)12-13-18-17(19(23)15-20(18)24)11-8-5-4-6-9-14-21/h5,8,12-13,16-24H,2-4,6-7,9-11,14-15H2,1H3/b8-5+,13-12+/t16-,17+,18+,19-,20+/m0/s1. The molecule has 4 nitrogen and oxygen atoms in total. The zero-order chi connectivity index (χ0) is 17.8. The summed E-state index contributed by atoms with van der Waals surface area (Å²) >= 11 is 0. The van der Waals surface area contributed by atoms with Crippen molar-refractivity contribution < 1.29 is 20.4 Å². The van der Waals surface area contributed by atoms with Gasteiger partial charge in [-0.25, -0.2) is 0 Å². The number of hydrogen-bond donors (Lipinski definition) is 4. The highest BCUT2D eigenvalue weighted by atomic mass is 16.3. The maximum atomic E-state index is 10.2. The first-order chi connectivity index (χ1) is 11.6. The molecule has 5 atom stereocenters. The smallest absolute Gasteiger partial charge is 0.0721 e. The second-order valence-electron chi connectivity index (χ2n) is 6.99. The lowest BCUT2D eigenvalue weighted by Gasteiger charge is -2.19. The second kappa shape index (κ2) is 12.6. The van der Waals surface area contributed by atoms with Crippen LogP contribution >= 0.6 is 0 Å². The van der Waals surface area contributed by atoms with Crippen LogP contribution in [-0.2, 0) is 0 Å². The van der Waals surface area contributed by atoms with E-state index in [1.54, 1.807) is 6.08 Å². The summed E-state index contributed by atoms with van der Waals surface area (Å²) in [6.07, 6.45) is 14.3. The third-order valence-electron chi connectivity index (χ3n) is 4.93. The van der Waals surface area contributed by atoms with Gasteiger partial charge in [-0.15, -0.1) is 0 Å². The summed E-state index contributed by atoms with van der Waals surface area (Å²) in [7, 11) is 0. The molecule has 0 unspecified atom stereocenters. The van der Waals surface area contributed by atoms with Crippen molar-refractivity contribution in [1.82, 2.24) is 0 Å². The van der Waals surface area contributed by atoms with Gasteiger partial charge in [-0.2, -0.15) is 0 Å². The summed E-state index contributed by atoms with van der Waals surface area (Å²) < 4.78 is 0. The van der Waals surface area contributed by atoms with E-state index in [-0.39, 0.29) is 18.4 Å². The maximum absolute atomic E-state index is 10.2. The lowest BCUT2D eigenvalue weighted by molar-refractivity contribution is 0.120. The Balaban J connectivity index is 2.46. The third kappa shape index (κ3) is 7.93. The molecule has 4 N–H and O–H groups in total. The average molecular weight is 341 g/mol. The SMILES string of the molecule is CCCCC[C@H](O)/C=C/[C@@H]1[C@@H](C/C=C/CCCCO)[C@@H](O)C[C@H]1O. The van der Waals surface area contributed by atoms with Gasteiger partial charge in [0.15, 0.2) is 0 Å². The summed E-state index contributed by atoms with van der Waals surface area (Å²) in [5.41, 5.74) is 0. The second-order valence-corrected chi connectivity index (χ2v) is 6.99. The molecule has 0 saturated heterocycles. The van der Waals surface area contributed by atoms with E-state index in [2.05, 4.69) is 19.1 Å². The predicted octanol–water partition coefficient (Wildman–Crippen LogP) is 2.95. The highest BCUT2D eigenvalue weighted by Gasteiger charge is 2.39. The van der Waals surface area contributed by atoms with Gasteiger partial charge in [0.2, 0.25) is 0 Å². The Morgan fingerprint density at radius 1 is 1.04 bits per heavy atom.